The number of carbonyl (C=O) groups is 2. The van der Waals surface area contributed by atoms with E-state index in [-0.39, 0.29) is 25.0 Å². The monoisotopic (exact) mass is 612 g/mol. The molecule has 2 amide bonds. The lowest BCUT2D eigenvalue weighted by Crippen LogP contribution is -2.51. The fourth-order valence-corrected chi connectivity index (χ4v) is 5.37. The van der Waals surface area contributed by atoms with Gasteiger partial charge >= 0.3 is 0 Å². The Balaban J connectivity index is 1.66. The minimum Gasteiger partial charge on any atom is -0.483 e. The maximum atomic E-state index is 13.8. The Morgan fingerprint density at radius 3 is 2.32 bits per heavy atom. The van der Waals surface area contributed by atoms with Gasteiger partial charge in [-0.3, -0.25) is 9.59 Å². The van der Waals surface area contributed by atoms with Crippen molar-refractivity contribution in [1.29, 1.82) is 0 Å². The lowest BCUT2D eigenvalue weighted by molar-refractivity contribution is -0.142. The van der Waals surface area contributed by atoms with E-state index in [2.05, 4.69) is 21.2 Å². The maximum Gasteiger partial charge on any atom is 0.261 e. The van der Waals surface area contributed by atoms with Crippen LogP contribution in [0.4, 0.5) is 0 Å². The molecule has 0 unspecified atom stereocenters. The number of nitrogens with zero attached hydrogens (tertiary/aromatic N) is 1. The molecule has 4 rings (SSSR count). The molecule has 8 heteroatoms. The van der Waals surface area contributed by atoms with E-state index in [4.69, 9.17) is 27.9 Å². The van der Waals surface area contributed by atoms with Gasteiger partial charge in [-0.2, -0.15) is 0 Å². The Kier molecular flexibility index (Phi) is 9.67. The first-order valence-electron chi connectivity index (χ1n) is 12.2. The number of rotatable bonds is 10. The van der Waals surface area contributed by atoms with Gasteiger partial charge in [0.1, 0.15) is 11.8 Å². The van der Waals surface area contributed by atoms with Crippen molar-refractivity contribution in [1.82, 2.24) is 10.2 Å². The van der Waals surface area contributed by atoms with Crippen molar-refractivity contribution in [2.45, 2.75) is 25.9 Å². The van der Waals surface area contributed by atoms with Crippen molar-refractivity contribution in [3.63, 3.8) is 0 Å². The Morgan fingerprint density at radius 1 is 0.921 bits per heavy atom. The third kappa shape index (κ3) is 6.68. The number of nitrogens with one attached hydrogen (secondary N) is 1. The zero-order valence-corrected chi connectivity index (χ0v) is 23.9. The molecule has 0 aliphatic heterocycles. The number of hydrogen-bond acceptors (Lipinski definition) is 3. The molecular weight excluding hydrogens is 587 g/mol. The highest BCUT2D eigenvalue weighted by molar-refractivity contribution is 9.10. The SMILES string of the molecule is CCNC(=O)[C@@H](Cc1ccccc1)N(Cc1c(Cl)cccc1Cl)C(=O)COc1ccc2ccccc2c1Br. The molecule has 5 nitrogen and oxygen atoms in total. The molecule has 0 aromatic heterocycles. The minimum absolute atomic E-state index is 0.0498. The standard InChI is InChI=1S/C30H27BrCl2N2O3/c1-2-34-30(37)26(17-20-9-4-3-5-10-20)35(18-23-24(32)13-8-14-25(23)33)28(36)19-38-27-16-15-21-11-6-7-12-22(21)29(27)31/h3-16,26H,2,17-19H2,1H3,(H,34,37)/t26-/m1/s1. The van der Waals surface area contributed by atoms with E-state index in [1.165, 1.54) is 4.90 Å². The number of halogens is 3. The van der Waals surface area contributed by atoms with Crippen LogP contribution >= 0.6 is 39.1 Å². The zero-order valence-electron chi connectivity index (χ0n) is 20.8. The van der Waals surface area contributed by atoms with Gasteiger partial charge in [0.15, 0.2) is 6.61 Å². The third-order valence-corrected chi connectivity index (χ3v) is 7.72. The van der Waals surface area contributed by atoms with Gasteiger partial charge in [0.2, 0.25) is 5.91 Å². The normalized spacial score (nSPS) is 11.7. The first kappa shape index (κ1) is 28.0. The first-order valence-corrected chi connectivity index (χ1v) is 13.8. The van der Waals surface area contributed by atoms with Crippen molar-refractivity contribution in [2.75, 3.05) is 13.2 Å². The van der Waals surface area contributed by atoms with Gasteiger partial charge in [-0.25, -0.2) is 0 Å². The molecule has 0 fully saturated rings. The highest BCUT2D eigenvalue weighted by atomic mass is 79.9. The summed E-state index contributed by atoms with van der Waals surface area (Å²) in [5.41, 5.74) is 1.49. The summed E-state index contributed by atoms with van der Waals surface area (Å²) in [5.74, 6) is -0.0987. The molecule has 1 N–H and O–H groups in total. The molecule has 0 heterocycles. The summed E-state index contributed by atoms with van der Waals surface area (Å²) in [4.78, 5) is 28.6. The average Bonchev–Trinajstić information content (AvgIpc) is 2.92. The van der Waals surface area contributed by atoms with Gasteiger partial charge in [-0.05, 0) is 57.4 Å². The van der Waals surface area contributed by atoms with Crippen LogP contribution in [0.3, 0.4) is 0 Å². The molecule has 0 aliphatic carbocycles. The van der Waals surface area contributed by atoms with Gasteiger partial charge in [0.25, 0.3) is 5.91 Å². The quantitative estimate of drug-likeness (QED) is 0.208. The van der Waals surface area contributed by atoms with E-state index in [1.54, 1.807) is 18.2 Å². The molecule has 0 bridgehead atoms. The van der Waals surface area contributed by atoms with Crippen molar-refractivity contribution >= 4 is 61.7 Å². The van der Waals surface area contributed by atoms with Crippen molar-refractivity contribution in [3.05, 3.63) is 111 Å². The molecule has 0 aliphatic rings. The van der Waals surface area contributed by atoms with Crippen LogP contribution in [-0.2, 0) is 22.6 Å². The second-order valence-corrected chi connectivity index (χ2v) is 10.3. The van der Waals surface area contributed by atoms with E-state index in [0.29, 0.717) is 34.3 Å². The van der Waals surface area contributed by atoms with Crippen LogP contribution in [-0.4, -0.2) is 35.9 Å². The highest BCUT2D eigenvalue weighted by Gasteiger charge is 2.31. The van der Waals surface area contributed by atoms with Crippen molar-refractivity contribution in [2.24, 2.45) is 0 Å². The van der Waals surface area contributed by atoms with Gasteiger partial charge in [0, 0.05) is 35.1 Å². The second-order valence-electron chi connectivity index (χ2n) is 8.71. The fourth-order valence-electron chi connectivity index (χ4n) is 4.25. The number of benzene rings is 4. The topological polar surface area (TPSA) is 58.6 Å². The molecule has 4 aromatic rings. The summed E-state index contributed by atoms with van der Waals surface area (Å²) in [6.45, 7) is 2.05. The number of amides is 2. The number of hydrogen-bond donors (Lipinski definition) is 1. The minimum atomic E-state index is -0.805. The zero-order chi connectivity index (χ0) is 27.1. The Morgan fingerprint density at radius 2 is 1.61 bits per heavy atom. The van der Waals surface area contributed by atoms with Crippen LogP contribution in [0.2, 0.25) is 10.0 Å². The highest BCUT2D eigenvalue weighted by Crippen LogP contribution is 2.33. The largest absolute Gasteiger partial charge is 0.483 e. The summed E-state index contributed by atoms with van der Waals surface area (Å²) in [6, 6.07) is 25.6. The maximum absolute atomic E-state index is 13.8. The van der Waals surface area contributed by atoms with Gasteiger partial charge in [0.05, 0.1) is 4.47 Å². The number of ether oxygens (including phenoxy) is 1. The number of fused-ring (bicyclic) bond motifs is 1. The molecule has 1 atom stereocenters. The summed E-state index contributed by atoms with van der Waals surface area (Å²) >= 11 is 16.6. The fraction of sp³-hybridized carbons (Fsp3) is 0.200. The summed E-state index contributed by atoms with van der Waals surface area (Å²) in [7, 11) is 0. The Hall–Kier alpha value is -3.06. The molecular formula is C30H27BrCl2N2O3. The van der Waals surface area contributed by atoms with Crippen LogP contribution in [0.15, 0.2) is 89.4 Å². The Bertz CT molecular complexity index is 1410. The molecule has 0 radical (unpaired) electrons. The van der Waals surface area contributed by atoms with Crippen LogP contribution in [0.1, 0.15) is 18.1 Å². The predicted molar refractivity (Wildman–Crippen MR) is 157 cm³/mol. The van der Waals surface area contributed by atoms with Gasteiger partial charge in [-0.15, -0.1) is 0 Å². The summed E-state index contributed by atoms with van der Waals surface area (Å²) in [5, 5.41) is 5.73. The van der Waals surface area contributed by atoms with Crippen LogP contribution in [0.25, 0.3) is 10.8 Å². The Labute approximate surface area is 240 Å². The predicted octanol–water partition coefficient (Wildman–Crippen LogP) is 7.06. The average molecular weight is 614 g/mol. The van der Waals surface area contributed by atoms with Crippen molar-refractivity contribution < 1.29 is 14.3 Å². The van der Waals surface area contributed by atoms with E-state index in [9.17, 15) is 9.59 Å². The van der Waals surface area contributed by atoms with Crippen LogP contribution in [0.5, 0.6) is 5.75 Å². The third-order valence-electron chi connectivity index (χ3n) is 6.19. The number of likely N-dealkylation sites (N-methyl/N-ethyl adjacent to an activating group) is 1. The van der Waals surface area contributed by atoms with E-state index >= 15 is 0 Å². The van der Waals surface area contributed by atoms with Crippen LogP contribution < -0.4 is 10.1 Å². The van der Waals surface area contributed by atoms with Crippen LogP contribution in [0, 0.1) is 0 Å². The molecule has 0 spiro atoms. The molecule has 0 saturated heterocycles. The van der Waals surface area contributed by atoms with Gasteiger partial charge in [-0.1, -0.05) is 89.9 Å². The lowest BCUT2D eigenvalue weighted by atomic mass is 10.0. The number of carbonyl (C=O) groups excluding carboxylic acids is 2. The summed E-state index contributed by atoms with van der Waals surface area (Å²) in [6.07, 6.45) is 0.320. The molecule has 0 saturated carbocycles. The van der Waals surface area contributed by atoms with Crippen molar-refractivity contribution in [3.8, 4) is 5.75 Å². The lowest BCUT2D eigenvalue weighted by Gasteiger charge is -2.32. The smallest absolute Gasteiger partial charge is 0.261 e. The first-order chi connectivity index (χ1) is 18.4. The molecule has 196 valence electrons. The molecule has 38 heavy (non-hydrogen) atoms. The van der Waals surface area contributed by atoms with E-state index in [1.807, 2.05) is 73.7 Å². The van der Waals surface area contributed by atoms with E-state index in [0.717, 1.165) is 20.8 Å². The summed E-state index contributed by atoms with van der Waals surface area (Å²) < 4.78 is 6.75. The second kappa shape index (κ2) is 13.1. The van der Waals surface area contributed by atoms with Gasteiger partial charge < -0.3 is 15.0 Å². The molecule has 4 aromatic carbocycles. The van der Waals surface area contributed by atoms with E-state index < -0.39 is 6.04 Å².